The predicted octanol–water partition coefficient (Wildman–Crippen LogP) is 17.6. The number of hydrogen-bond donors (Lipinski definition) is 0. The molecular weight excluding hydrogens is 877 g/mol. The fraction of sp³-hybridized carbons (Fsp3) is 0.151. The number of allylic oxidation sites excluding steroid dienone is 22. The van der Waals surface area contributed by atoms with Crippen LogP contribution in [0.2, 0.25) is 0 Å². The number of hydrogen-bond acceptors (Lipinski definition) is 0. The van der Waals surface area contributed by atoms with Crippen LogP contribution in [-0.2, 0) is 0 Å². The third kappa shape index (κ3) is 13.8. The van der Waals surface area contributed by atoms with Crippen molar-refractivity contribution in [2.75, 3.05) is 0 Å². The van der Waals surface area contributed by atoms with E-state index in [0.717, 1.165) is 130 Å². The van der Waals surface area contributed by atoms with Crippen LogP contribution in [0.1, 0.15) is 96.2 Å². The fourth-order valence-electron chi connectivity index (χ4n) is 8.27. The molecule has 356 valence electrons. The molecule has 0 atom stereocenters. The normalized spacial score (nSPS) is 18.2. The summed E-state index contributed by atoms with van der Waals surface area (Å²) in [5, 5.41) is 0. The summed E-state index contributed by atoms with van der Waals surface area (Å²) in [6.07, 6.45) is 20.3. The van der Waals surface area contributed by atoms with Gasteiger partial charge in [0.15, 0.2) is 0 Å². The van der Waals surface area contributed by atoms with Gasteiger partial charge in [0.05, 0.1) is 0 Å². The molecule has 0 spiro atoms. The van der Waals surface area contributed by atoms with E-state index in [2.05, 4.69) is 261 Å². The highest BCUT2D eigenvalue weighted by atomic mass is 14.3. The molecule has 7 rings (SSSR count). The zero-order valence-electron chi connectivity index (χ0n) is 44.1. The van der Waals surface area contributed by atoms with Crippen LogP contribution in [0.25, 0.3) is 11.1 Å². The van der Waals surface area contributed by atoms with Gasteiger partial charge in [-0.1, -0.05) is 239 Å². The van der Waals surface area contributed by atoms with Crippen LogP contribution >= 0.6 is 0 Å². The second kappa shape index (κ2) is 24.9. The van der Waals surface area contributed by atoms with Crippen molar-refractivity contribution in [2.45, 2.75) is 75.2 Å². The molecule has 0 aliphatic heterocycles. The van der Waals surface area contributed by atoms with Crippen LogP contribution in [0.15, 0.2) is 250 Å². The van der Waals surface area contributed by atoms with Crippen molar-refractivity contribution < 1.29 is 0 Å². The van der Waals surface area contributed by atoms with E-state index in [4.69, 9.17) is 6.58 Å². The first kappa shape index (κ1) is 52.1. The van der Waals surface area contributed by atoms with E-state index >= 15 is 0 Å². The molecule has 0 aromatic heterocycles. The summed E-state index contributed by atoms with van der Waals surface area (Å²) in [7, 11) is 0. The second-order valence-electron chi connectivity index (χ2n) is 18.9. The lowest BCUT2D eigenvalue weighted by Crippen LogP contribution is -2.12. The Morgan fingerprint density at radius 1 is 0.466 bits per heavy atom. The Kier molecular flexibility index (Phi) is 17.7. The Labute approximate surface area is 437 Å². The lowest BCUT2D eigenvalue weighted by atomic mass is 9.73. The Morgan fingerprint density at radius 2 is 0.904 bits per heavy atom. The maximum Gasteiger partial charge on any atom is 0.0431 e. The highest BCUT2D eigenvalue weighted by Crippen LogP contribution is 2.47. The Bertz CT molecular complexity index is 3530. The molecule has 0 N–H and O–H groups in total. The van der Waals surface area contributed by atoms with E-state index in [1.165, 1.54) is 11.1 Å². The van der Waals surface area contributed by atoms with Crippen molar-refractivity contribution in [1.29, 1.82) is 0 Å². The summed E-state index contributed by atoms with van der Waals surface area (Å²) < 4.78 is 0. The van der Waals surface area contributed by atoms with Crippen molar-refractivity contribution in [2.24, 2.45) is 0 Å². The maximum absolute atomic E-state index is 4.96. The van der Waals surface area contributed by atoms with Crippen LogP contribution in [0.3, 0.4) is 0 Å². The summed E-state index contributed by atoms with van der Waals surface area (Å²) in [5.41, 5.74) is 22.4. The summed E-state index contributed by atoms with van der Waals surface area (Å²) in [6.45, 7) is 27.9. The van der Waals surface area contributed by atoms with Crippen molar-refractivity contribution in [3.63, 3.8) is 0 Å². The van der Waals surface area contributed by atoms with E-state index in [9.17, 15) is 0 Å². The smallest absolute Gasteiger partial charge is 0.0431 e. The van der Waals surface area contributed by atoms with Crippen LogP contribution in [-0.4, -0.2) is 0 Å². The number of rotatable bonds is 8. The maximum atomic E-state index is 4.96. The minimum atomic E-state index is 0.749. The van der Waals surface area contributed by atoms with E-state index in [-0.39, 0.29) is 0 Å². The molecule has 0 saturated carbocycles. The van der Waals surface area contributed by atoms with E-state index in [1.807, 2.05) is 31.2 Å². The van der Waals surface area contributed by atoms with Gasteiger partial charge >= 0.3 is 0 Å². The highest BCUT2D eigenvalue weighted by molar-refractivity contribution is 6.03. The summed E-state index contributed by atoms with van der Waals surface area (Å²) in [5.74, 6) is 30.0. The topological polar surface area (TPSA) is 0 Å². The molecule has 0 heterocycles. The minimum Gasteiger partial charge on any atom is -0.0988 e. The fourth-order valence-corrected chi connectivity index (χ4v) is 8.27. The van der Waals surface area contributed by atoms with Gasteiger partial charge < -0.3 is 0 Å². The summed E-state index contributed by atoms with van der Waals surface area (Å²) in [6, 6.07) is 42.7. The largest absolute Gasteiger partial charge is 0.0988 e. The number of benzene rings is 5. The highest BCUT2D eigenvalue weighted by Gasteiger charge is 2.31. The number of aryl methyl sites for hydroxylation is 5. The zero-order valence-corrected chi connectivity index (χ0v) is 44.1. The first-order chi connectivity index (χ1) is 35.3. The lowest BCUT2D eigenvalue weighted by molar-refractivity contribution is 0.915. The van der Waals surface area contributed by atoms with Gasteiger partial charge in [0, 0.05) is 61.3 Å². The van der Waals surface area contributed by atoms with Gasteiger partial charge in [-0.3, -0.25) is 0 Å². The van der Waals surface area contributed by atoms with Gasteiger partial charge in [-0.05, 0) is 140 Å². The van der Waals surface area contributed by atoms with Gasteiger partial charge in [-0.15, -0.1) is 0 Å². The molecule has 2 aliphatic carbocycles. The Balaban J connectivity index is 1.86. The molecule has 0 nitrogen and oxygen atoms in total. The molecule has 0 amide bonds. The van der Waals surface area contributed by atoms with E-state index in [1.54, 1.807) is 0 Å². The molecule has 5 aromatic carbocycles. The van der Waals surface area contributed by atoms with Crippen LogP contribution < -0.4 is 0 Å². The second-order valence-corrected chi connectivity index (χ2v) is 18.9. The third-order valence-electron chi connectivity index (χ3n) is 12.9. The average molecular weight is 941 g/mol. The van der Waals surface area contributed by atoms with Crippen molar-refractivity contribution >= 4 is 11.1 Å². The van der Waals surface area contributed by atoms with Crippen molar-refractivity contribution in [1.82, 2.24) is 0 Å². The molecule has 0 bridgehead atoms. The Hall–Kier alpha value is -8.78. The SMILES string of the molecule is C=C/C(C)=C\C=C\C#CC1=C(C2=CC=C(C)CC2)/C(C#Cc2ccc(C)cc2)=C(c2ccc(C)cc2)\C(C#Cc2ccc(C)cc2)=C(C(=C)/C=C\C(C)=C/C)/C(C#Cc2ccc(C)cc2)=C\1c1ccc(C)cc1. The standard InChI is InChI=1S/C73H64/c1-12-51(3)17-15-14-16-18-66-71(63-42-26-56(8)27-43-63)67(48-39-60-33-20-53(5)21-34-60)70(59(11)32-19-52(4)13-2)68(49-40-61-35-22-54(6)23-36-61)73(65-46-30-58(10)31-47-65)69(50-41-62-37-24-55(7)25-38-62)72(66)64-44-28-57(9)29-45-64/h12-15,17,19-28,30-38,42-44,46-47H,1,11,29,45H2,2-10H3/b15-14+,32-19-,51-17-,52-13-,70-67?,70-68-,71-66?,71-67-,72-66-,72-69?,73-68?,73-69-. The minimum absolute atomic E-state index is 0.749. The van der Waals surface area contributed by atoms with Gasteiger partial charge in [0.25, 0.3) is 0 Å². The first-order valence-electron chi connectivity index (χ1n) is 25.0. The lowest BCUT2D eigenvalue weighted by Gasteiger charge is -2.28. The van der Waals surface area contributed by atoms with Gasteiger partial charge in [-0.25, -0.2) is 0 Å². The molecule has 0 unspecified atom stereocenters. The third-order valence-corrected chi connectivity index (χ3v) is 12.9. The molecule has 0 radical (unpaired) electrons. The van der Waals surface area contributed by atoms with E-state index < -0.39 is 0 Å². The van der Waals surface area contributed by atoms with E-state index in [0.29, 0.717) is 0 Å². The molecular formula is C73H64. The van der Waals surface area contributed by atoms with Gasteiger partial charge in [-0.2, -0.15) is 0 Å². The molecule has 0 heteroatoms. The first-order valence-corrected chi connectivity index (χ1v) is 25.0. The zero-order chi connectivity index (χ0) is 51.9. The van der Waals surface area contributed by atoms with Crippen LogP contribution in [0.4, 0.5) is 0 Å². The summed E-state index contributed by atoms with van der Waals surface area (Å²) in [4.78, 5) is 0. The predicted molar refractivity (Wildman–Crippen MR) is 314 cm³/mol. The molecule has 5 aromatic rings. The van der Waals surface area contributed by atoms with Crippen molar-refractivity contribution in [3.05, 3.63) is 306 Å². The quantitative estimate of drug-likeness (QED) is 0.107. The molecule has 0 fully saturated rings. The van der Waals surface area contributed by atoms with Crippen LogP contribution in [0.5, 0.6) is 0 Å². The average Bonchev–Trinajstić information content (AvgIpc) is 3.39. The van der Waals surface area contributed by atoms with Gasteiger partial charge in [0.2, 0.25) is 0 Å². The monoisotopic (exact) mass is 941 g/mol. The van der Waals surface area contributed by atoms with Crippen molar-refractivity contribution in [3.8, 4) is 47.4 Å². The summed E-state index contributed by atoms with van der Waals surface area (Å²) >= 11 is 0. The molecule has 2 aliphatic rings. The van der Waals surface area contributed by atoms with Gasteiger partial charge in [0.1, 0.15) is 0 Å². The van der Waals surface area contributed by atoms with Crippen LogP contribution in [0, 0.1) is 82.0 Å². The Morgan fingerprint density at radius 3 is 1.36 bits per heavy atom. The molecule has 73 heavy (non-hydrogen) atoms. The molecule has 0 saturated heterocycles.